The van der Waals surface area contributed by atoms with Crippen LogP contribution in [0.1, 0.15) is 45.8 Å². The zero-order valence-electron chi connectivity index (χ0n) is 16.7. The minimum absolute atomic E-state index is 0.0507. The van der Waals surface area contributed by atoms with E-state index in [-0.39, 0.29) is 30.2 Å². The molecule has 0 radical (unpaired) electrons. The summed E-state index contributed by atoms with van der Waals surface area (Å²) in [5.41, 5.74) is 3.04. The number of fused-ring (bicyclic) bond motifs is 2. The number of aliphatic hydroxyl groups excluding tert-OH is 1. The van der Waals surface area contributed by atoms with Gasteiger partial charge in [0, 0.05) is 6.54 Å². The Morgan fingerprint density at radius 2 is 1.97 bits per heavy atom. The third-order valence-corrected chi connectivity index (χ3v) is 5.22. The summed E-state index contributed by atoms with van der Waals surface area (Å²) in [5.74, 6) is 0.321. The van der Waals surface area contributed by atoms with Crippen molar-refractivity contribution in [2.24, 2.45) is 0 Å². The first-order valence-corrected chi connectivity index (χ1v) is 9.68. The van der Waals surface area contributed by atoms with Crippen LogP contribution in [-0.4, -0.2) is 35.7 Å². The third kappa shape index (κ3) is 3.09. The predicted octanol–water partition coefficient (Wildman–Crippen LogP) is 3.35. The van der Waals surface area contributed by atoms with E-state index in [1.165, 1.54) is 4.90 Å². The topological polar surface area (TPSA) is 80.0 Å². The Morgan fingerprint density at radius 3 is 2.69 bits per heavy atom. The average molecular weight is 393 g/mol. The predicted molar refractivity (Wildman–Crippen MR) is 110 cm³/mol. The fraction of sp³-hybridized carbons (Fsp3) is 0.304. The second-order valence-corrected chi connectivity index (χ2v) is 7.26. The molecule has 0 saturated carbocycles. The van der Waals surface area contributed by atoms with E-state index in [0.717, 1.165) is 16.7 Å². The monoisotopic (exact) mass is 393 g/mol. The van der Waals surface area contributed by atoms with Crippen LogP contribution in [-0.2, 0) is 0 Å². The minimum Gasteiger partial charge on any atom is -0.494 e. The number of aliphatic hydroxyl groups is 1. The summed E-state index contributed by atoms with van der Waals surface area (Å²) in [5, 5.41) is 10.0. The van der Waals surface area contributed by atoms with Crippen LogP contribution < -0.4 is 10.2 Å². The zero-order valence-corrected chi connectivity index (χ0v) is 16.7. The number of aryl methyl sites for hydroxylation is 2. The number of carbonyl (C=O) groups excluding carboxylic acids is 1. The number of hydrogen-bond acceptors (Lipinski definition) is 5. The van der Waals surface area contributed by atoms with Gasteiger partial charge in [-0.15, -0.1) is 0 Å². The zero-order chi connectivity index (χ0) is 20.7. The van der Waals surface area contributed by atoms with E-state index in [1.807, 2.05) is 51.1 Å². The van der Waals surface area contributed by atoms with Gasteiger partial charge in [0.1, 0.15) is 11.3 Å². The smallest absolute Gasteiger partial charge is 0.290 e. The largest absolute Gasteiger partial charge is 0.494 e. The van der Waals surface area contributed by atoms with Gasteiger partial charge in [-0.2, -0.15) is 0 Å². The van der Waals surface area contributed by atoms with E-state index in [2.05, 4.69) is 0 Å². The van der Waals surface area contributed by atoms with E-state index in [4.69, 9.17) is 9.15 Å². The van der Waals surface area contributed by atoms with Gasteiger partial charge < -0.3 is 19.2 Å². The molecule has 150 valence electrons. The molecule has 3 aromatic rings. The van der Waals surface area contributed by atoms with E-state index in [0.29, 0.717) is 28.9 Å². The molecular weight excluding hydrogens is 370 g/mol. The maximum absolute atomic E-state index is 13.5. The molecule has 29 heavy (non-hydrogen) atoms. The fourth-order valence-corrected chi connectivity index (χ4v) is 4.10. The van der Waals surface area contributed by atoms with Crippen LogP contribution in [0.4, 0.5) is 0 Å². The first kappa shape index (κ1) is 19.2. The number of nitrogens with zero attached hydrogens (tertiary/aromatic N) is 1. The SMILES string of the molecule is CCOc1cccc([C@H]2c3c(oc4c(C)cc(C)cc4c3=O)C(=O)N2CCO)c1. The van der Waals surface area contributed by atoms with Gasteiger partial charge in [-0.1, -0.05) is 18.2 Å². The van der Waals surface area contributed by atoms with Gasteiger partial charge in [-0.25, -0.2) is 0 Å². The summed E-state index contributed by atoms with van der Waals surface area (Å²) in [6.45, 7) is 6.07. The molecule has 6 heteroatoms. The number of rotatable bonds is 5. The van der Waals surface area contributed by atoms with Crippen molar-refractivity contribution in [1.82, 2.24) is 4.90 Å². The lowest BCUT2D eigenvalue weighted by Gasteiger charge is -2.24. The van der Waals surface area contributed by atoms with E-state index < -0.39 is 6.04 Å². The molecule has 0 spiro atoms. The summed E-state index contributed by atoms with van der Waals surface area (Å²) in [6, 6.07) is 10.4. The molecule has 0 bridgehead atoms. The Bertz CT molecular complexity index is 1160. The summed E-state index contributed by atoms with van der Waals surface area (Å²) >= 11 is 0. The Hall–Kier alpha value is -3.12. The number of hydrogen-bond donors (Lipinski definition) is 1. The molecule has 6 nitrogen and oxygen atoms in total. The van der Waals surface area contributed by atoms with Crippen molar-refractivity contribution in [1.29, 1.82) is 0 Å². The van der Waals surface area contributed by atoms with Gasteiger partial charge >= 0.3 is 0 Å². The number of ether oxygens (including phenoxy) is 1. The van der Waals surface area contributed by atoms with Crippen molar-refractivity contribution >= 4 is 16.9 Å². The van der Waals surface area contributed by atoms with E-state index >= 15 is 0 Å². The second-order valence-electron chi connectivity index (χ2n) is 7.26. The van der Waals surface area contributed by atoms with Crippen LogP contribution in [0, 0.1) is 13.8 Å². The second kappa shape index (κ2) is 7.37. The van der Waals surface area contributed by atoms with Gasteiger partial charge in [-0.05, 0) is 55.7 Å². The summed E-state index contributed by atoms with van der Waals surface area (Å²) in [4.78, 5) is 28.1. The minimum atomic E-state index is -0.633. The third-order valence-electron chi connectivity index (χ3n) is 5.22. The summed E-state index contributed by atoms with van der Waals surface area (Å²) < 4.78 is 11.6. The molecule has 1 atom stereocenters. The molecule has 2 aromatic carbocycles. The highest BCUT2D eigenvalue weighted by molar-refractivity contribution is 5.99. The molecule has 1 N–H and O–H groups in total. The summed E-state index contributed by atoms with van der Waals surface area (Å²) in [6.07, 6.45) is 0. The molecule has 1 aliphatic rings. The standard InChI is InChI=1S/C23H23NO5/c1-4-28-16-7-5-6-15(12-16)19-18-20(26)17-11-13(2)10-14(3)21(17)29-22(18)23(27)24(19)8-9-25/h5-7,10-12,19,25H,4,8-9H2,1-3H3/t19-/m0/s1. The van der Waals surface area contributed by atoms with E-state index in [1.54, 1.807) is 6.07 Å². The fourth-order valence-electron chi connectivity index (χ4n) is 4.10. The normalized spacial score (nSPS) is 15.8. The molecule has 0 unspecified atom stereocenters. The van der Waals surface area contributed by atoms with Crippen LogP contribution in [0.3, 0.4) is 0 Å². The molecule has 1 aromatic heterocycles. The van der Waals surface area contributed by atoms with Gasteiger partial charge in [0.15, 0.2) is 5.43 Å². The Morgan fingerprint density at radius 1 is 1.17 bits per heavy atom. The van der Waals surface area contributed by atoms with Crippen LogP contribution in [0.25, 0.3) is 11.0 Å². The average Bonchev–Trinajstić information content (AvgIpc) is 2.96. The van der Waals surface area contributed by atoms with Crippen molar-refractivity contribution in [3.63, 3.8) is 0 Å². The van der Waals surface area contributed by atoms with Crippen molar-refractivity contribution in [3.05, 3.63) is 74.6 Å². The van der Waals surface area contributed by atoms with Crippen LogP contribution in [0.5, 0.6) is 5.75 Å². The number of benzene rings is 2. The van der Waals surface area contributed by atoms with Crippen LogP contribution >= 0.6 is 0 Å². The van der Waals surface area contributed by atoms with Gasteiger partial charge in [0.25, 0.3) is 5.91 Å². The number of amides is 1. The Kier molecular flexibility index (Phi) is 4.88. The lowest BCUT2D eigenvalue weighted by Crippen LogP contribution is -2.32. The van der Waals surface area contributed by atoms with Gasteiger partial charge in [-0.3, -0.25) is 9.59 Å². The first-order chi connectivity index (χ1) is 14.0. The maximum atomic E-state index is 13.5. The van der Waals surface area contributed by atoms with Gasteiger partial charge in [0.05, 0.1) is 30.2 Å². The summed E-state index contributed by atoms with van der Waals surface area (Å²) in [7, 11) is 0. The molecule has 2 heterocycles. The van der Waals surface area contributed by atoms with Crippen molar-refractivity contribution in [2.45, 2.75) is 26.8 Å². The first-order valence-electron chi connectivity index (χ1n) is 9.68. The lowest BCUT2D eigenvalue weighted by molar-refractivity contribution is 0.0691. The Balaban J connectivity index is 1.99. The highest BCUT2D eigenvalue weighted by Gasteiger charge is 2.42. The van der Waals surface area contributed by atoms with Crippen LogP contribution in [0.15, 0.2) is 45.6 Å². The van der Waals surface area contributed by atoms with Crippen LogP contribution in [0.2, 0.25) is 0 Å². The maximum Gasteiger partial charge on any atom is 0.290 e. The Labute approximate surface area is 168 Å². The molecule has 0 fully saturated rings. The highest BCUT2D eigenvalue weighted by atomic mass is 16.5. The number of β-amino-alcohol motifs (C(OH)–C–C–N with tert-alkyl or cyclic N) is 1. The van der Waals surface area contributed by atoms with Gasteiger partial charge in [0.2, 0.25) is 5.76 Å². The molecule has 1 amide bonds. The molecular formula is C23H23NO5. The van der Waals surface area contributed by atoms with Crippen molar-refractivity contribution in [2.75, 3.05) is 19.8 Å². The number of carbonyl (C=O) groups is 1. The molecule has 0 saturated heterocycles. The lowest BCUT2D eigenvalue weighted by atomic mass is 9.97. The quantitative estimate of drug-likeness (QED) is 0.719. The molecule has 1 aliphatic heterocycles. The van der Waals surface area contributed by atoms with E-state index in [9.17, 15) is 14.7 Å². The van der Waals surface area contributed by atoms with Crippen molar-refractivity contribution < 1.29 is 19.1 Å². The molecule has 4 rings (SSSR count). The molecule has 0 aliphatic carbocycles. The highest BCUT2D eigenvalue weighted by Crippen LogP contribution is 2.39. The van der Waals surface area contributed by atoms with Crippen molar-refractivity contribution in [3.8, 4) is 5.75 Å².